The molecule has 7 nitrogen and oxygen atoms in total. The molecule has 0 bridgehead atoms. The Labute approximate surface area is 219 Å². The number of anilines is 1. The van der Waals surface area contributed by atoms with Crippen molar-refractivity contribution in [3.8, 4) is 28.4 Å². The highest BCUT2D eigenvalue weighted by atomic mass is 32.2. The zero-order valence-electron chi connectivity index (χ0n) is 20.3. The van der Waals surface area contributed by atoms with Gasteiger partial charge in [-0.25, -0.2) is 4.98 Å². The number of carbonyl (C=O) groups excluding carboxylic acids is 1. The van der Waals surface area contributed by atoms with Gasteiger partial charge in [0.2, 0.25) is 5.91 Å². The summed E-state index contributed by atoms with van der Waals surface area (Å²) in [5.41, 5.74) is 4.29. The van der Waals surface area contributed by atoms with E-state index in [-0.39, 0.29) is 11.7 Å². The van der Waals surface area contributed by atoms with Gasteiger partial charge in [-0.15, -0.1) is 16.8 Å². The molecule has 37 heavy (non-hydrogen) atoms. The third kappa shape index (κ3) is 5.24. The highest BCUT2D eigenvalue weighted by molar-refractivity contribution is 7.99. The number of nitrogens with one attached hydrogen (secondary N) is 1. The van der Waals surface area contributed by atoms with E-state index in [1.165, 1.54) is 11.8 Å². The van der Waals surface area contributed by atoms with Crippen LogP contribution in [0.15, 0.2) is 103 Å². The van der Waals surface area contributed by atoms with Gasteiger partial charge >= 0.3 is 0 Å². The second-order valence-electron chi connectivity index (χ2n) is 8.18. The second kappa shape index (κ2) is 11.1. The summed E-state index contributed by atoms with van der Waals surface area (Å²) in [5, 5.41) is 13.5. The van der Waals surface area contributed by atoms with E-state index in [0.717, 1.165) is 27.7 Å². The van der Waals surface area contributed by atoms with E-state index in [1.54, 1.807) is 25.3 Å². The van der Waals surface area contributed by atoms with Crippen LogP contribution in [0, 0.1) is 0 Å². The molecule has 0 saturated heterocycles. The Morgan fingerprint density at radius 1 is 1.03 bits per heavy atom. The number of nitrogens with zero attached hydrogens (tertiary/aromatic N) is 4. The fraction of sp³-hybridized carbons (Fsp3) is 0.103. The summed E-state index contributed by atoms with van der Waals surface area (Å²) in [7, 11) is 1.57. The summed E-state index contributed by atoms with van der Waals surface area (Å²) in [6.07, 6.45) is 1.80. The lowest BCUT2D eigenvalue weighted by Crippen LogP contribution is -2.15. The zero-order chi connectivity index (χ0) is 25.6. The van der Waals surface area contributed by atoms with Gasteiger partial charge < -0.3 is 10.1 Å². The number of carbonyl (C=O) groups is 1. The number of rotatable bonds is 9. The molecule has 2 aromatic heterocycles. The van der Waals surface area contributed by atoms with Crippen molar-refractivity contribution >= 4 is 34.3 Å². The summed E-state index contributed by atoms with van der Waals surface area (Å²) < 4.78 is 7.30. The van der Waals surface area contributed by atoms with Crippen LogP contribution in [0.25, 0.3) is 33.5 Å². The van der Waals surface area contributed by atoms with Gasteiger partial charge in [0.1, 0.15) is 5.75 Å². The molecule has 0 radical (unpaired) electrons. The lowest BCUT2D eigenvalue weighted by Gasteiger charge is -2.12. The Morgan fingerprint density at radius 3 is 2.59 bits per heavy atom. The van der Waals surface area contributed by atoms with E-state index in [9.17, 15) is 4.79 Å². The largest absolute Gasteiger partial charge is 0.495 e. The first-order chi connectivity index (χ1) is 18.2. The number of hydrogen-bond donors (Lipinski definition) is 1. The highest BCUT2D eigenvalue weighted by Gasteiger charge is 2.19. The molecule has 0 unspecified atom stereocenters. The molecule has 184 valence electrons. The molecule has 0 saturated carbocycles. The summed E-state index contributed by atoms with van der Waals surface area (Å²) >= 11 is 1.32. The van der Waals surface area contributed by atoms with Crippen LogP contribution in [0.1, 0.15) is 0 Å². The molecular weight excluding hydrogens is 482 g/mol. The van der Waals surface area contributed by atoms with Gasteiger partial charge in [0.05, 0.1) is 29.8 Å². The van der Waals surface area contributed by atoms with E-state index in [2.05, 4.69) is 22.1 Å². The van der Waals surface area contributed by atoms with Crippen molar-refractivity contribution in [2.75, 3.05) is 18.2 Å². The molecule has 2 heterocycles. The third-order valence-electron chi connectivity index (χ3n) is 5.77. The summed E-state index contributed by atoms with van der Waals surface area (Å²) in [6, 6.07) is 27.4. The number of benzene rings is 3. The number of hydrogen-bond acceptors (Lipinski definition) is 6. The SMILES string of the molecule is C=CCn1c(SCC(=O)Nc2ccccc2OC)nnc1-c1cc(-c2ccccc2)nc2ccccc12. The van der Waals surface area contributed by atoms with Crippen LogP contribution in [-0.4, -0.2) is 38.5 Å². The van der Waals surface area contributed by atoms with E-state index in [0.29, 0.717) is 29.0 Å². The predicted molar refractivity (Wildman–Crippen MR) is 149 cm³/mol. The third-order valence-corrected chi connectivity index (χ3v) is 6.74. The molecule has 0 aliphatic rings. The Kier molecular flexibility index (Phi) is 7.28. The minimum atomic E-state index is -0.162. The fourth-order valence-corrected chi connectivity index (χ4v) is 4.82. The van der Waals surface area contributed by atoms with Crippen molar-refractivity contribution in [3.63, 3.8) is 0 Å². The topological polar surface area (TPSA) is 81.9 Å². The maximum Gasteiger partial charge on any atom is 0.234 e. The van der Waals surface area contributed by atoms with E-state index < -0.39 is 0 Å². The quantitative estimate of drug-likeness (QED) is 0.192. The van der Waals surface area contributed by atoms with Crippen LogP contribution in [0.5, 0.6) is 5.75 Å². The van der Waals surface area contributed by atoms with E-state index in [4.69, 9.17) is 9.72 Å². The standard InChI is InChI=1S/C29H25N5O2S/c1-3-17-34-28(32-33-29(34)37-19-27(35)31-24-15-9-10-16-26(24)36-2)22-18-25(20-11-5-4-6-12-20)30-23-14-8-7-13-21(22)23/h3-16,18H,1,17,19H2,2H3,(H,31,35). The molecule has 0 fully saturated rings. The number of thioether (sulfide) groups is 1. The molecule has 0 atom stereocenters. The molecule has 5 aromatic rings. The van der Waals surface area contributed by atoms with Crippen molar-refractivity contribution in [1.82, 2.24) is 19.7 Å². The predicted octanol–water partition coefficient (Wildman–Crippen LogP) is 6.09. The van der Waals surface area contributed by atoms with Crippen molar-refractivity contribution < 1.29 is 9.53 Å². The number of ether oxygens (including phenoxy) is 1. The van der Waals surface area contributed by atoms with E-state index >= 15 is 0 Å². The van der Waals surface area contributed by atoms with Crippen molar-refractivity contribution in [2.45, 2.75) is 11.7 Å². The van der Waals surface area contributed by atoms with Gasteiger partial charge in [0, 0.05) is 23.1 Å². The molecule has 0 aliphatic carbocycles. The Hall–Kier alpha value is -4.43. The van der Waals surface area contributed by atoms with E-state index in [1.807, 2.05) is 77.4 Å². The summed E-state index contributed by atoms with van der Waals surface area (Å²) in [5.74, 6) is 1.31. The lowest BCUT2D eigenvalue weighted by atomic mass is 10.0. The maximum absolute atomic E-state index is 12.7. The van der Waals surface area contributed by atoms with Gasteiger partial charge in [-0.05, 0) is 24.3 Å². The van der Waals surface area contributed by atoms with Crippen LogP contribution < -0.4 is 10.1 Å². The number of pyridine rings is 1. The first-order valence-electron chi connectivity index (χ1n) is 11.7. The van der Waals surface area contributed by atoms with Crippen LogP contribution in [0.4, 0.5) is 5.69 Å². The van der Waals surface area contributed by atoms with Crippen molar-refractivity contribution in [1.29, 1.82) is 0 Å². The molecule has 0 spiro atoms. The first kappa shape index (κ1) is 24.3. The molecule has 5 rings (SSSR count). The molecular formula is C29H25N5O2S. The molecule has 1 amide bonds. The normalized spacial score (nSPS) is 10.8. The summed E-state index contributed by atoms with van der Waals surface area (Å²) in [4.78, 5) is 17.6. The molecule has 8 heteroatoms. The number of allylic oxidation sites excluding steroid dienone is 1. The van der Waals surface area contributed by atoms with Crippen LogP contribution >= 0.6 is 11.8 Å². The number of amides is 1. The molecule has 3 aromatic carbocycles. The van der Waals surface area contributed by atoms with Crippen LogP contribution in [-0.2, 0) is 11.3 Å². The Balaban J connectivity index is 1.47. The smallest absolute Gasteiger partial charge is 0.234 e. The Morgan fingerprint density at radius 2 is 1.78 bits per heavy atom. The number of methoxy groups -OCH3 is 1. The van der Waals surface area contributed by atoms with Gasteiger partial charge in [-0.1, -0.05) is 78.5 Å². The first-order valence-corrected chi connectivity index (χ1v) is 12.7. The van der Waals surface area contributed by atoms with Crippen molar-refractivity contribution in [2.24, 2.45) is 0 Å². The average molecular weight is 508 g/mol. The monoisotopic (exact) mass is 507 g/mol. The zero-order valence-corrected chi connectivity index (χ0v) is 21.1. The minimum Gasteiger partial charge on any atom is -0.495 e. The molecule has 1 N–H and O–H groups in total. The van der Waals surface area contributed by atoms with Crippen LogP contribution in [0.3, 0.4) is 0 Å². The minimum absolute atomic E-state index is 0.162. The van der Waals surface area contributed by atoms with Crippen LogP contribution in [0.2, 0.25) is 0 Å². The second-order valence-corrected chi connectivity index (χ2v) is 9.12. The Bertz CT molecular complexity index is 1570. The van der Waals surface area contributed by atoms with Gasteiger partial charge in [0.25, 0.3) is 0 Å². The van der Waals surface area contributed by atoms with Crippen molar-refractivity contribution in [3.05, 3.63) is 97.6 Å². The molecule has 0 aliphatic heterocycles. The number of aromatic nitrogens is 4. The summed E-state index contributed by atoms with van der Waals surface area (Å²) in [6.45, 7) is 4.41. The number of fused-ring (bicyclic) bond motifs is 1. The fourth-order valence-electron chi connectivity index (χ4n) is 4.07. The maximum atomic E-state index is 12.7. The van der Waals surface area contributed by atoms with Gasteiger partial charge in [-0.2, -0.15) is 0 Å². The number of para-hydroxylation sites is 3. The lowest BCUT2D eigenvalue weighted by molar-refractivity contribution is -0.113. The van der Waals surface area contributed by atoms with Gasteiger partial charge in [-0.3, -0.25) is 9.36 Å². The van der Waals surface area contributed by atoms with Gasteiger partial charge in [0.15, 0.2) is 11.0 Å². The highest BCUT2D eigenvalue weighted by Crippen LogP contribution is 2.33. The average Bonchev–Trinajstić information content (AvgIpc) is 3.34.